The Morgan fingerprint density at radius 2 is 2.08 bits per heavy atom. The fourth-order valence-electron chi connectivity index (χ4n) is 3.16. The Kier molecular flexibility index (Phi) is 5.75. The maximum absolute atomic E-state index is 13.8. The number of benzene rings is 1. The molecule has 0 aromatic heterocycles. The van der Waals surface area contributed by atoms with Crippen molar-refractivity contribution in [3.8, 4) is 0 Å². The van der Waals surface area contributed by atoms with Crippen LogP contribution in [-0.4, -0.2) is 29.0 Å². The van der Waals surface area contributed by atoms with Gasteiger partial charge < -0.3 is 10.0 Å². The van der Waals surface area contributed by atoms with Crippen molar-refractivity contribution < 1.29 is 18.7 Å². The van der Waals surface area contributed by atoms with Crippen LogP contribution in [0, 0.1) is 23.0 Å². The second kappa shape index (κ2) is 7.43. The van der Waals surface area contributed by atoms with E-state index in [0.29, 0.717) is 32.4 Å². The number of likely N-dealkylation sites (tertiary alicyclic amines) is 1. The molecule has 0 spiro atoms. The van der Waals surface area contributed by atoms with Crippen LogP contribution in [0.25, 0.3) is 0 Å². The van der Waals surface area contributed by atoms with Gasteiger partial charge in [0, 0.05) is 18.7 Å². The monoisotopic (exact) mass is 337 g/mol. The number of carbonyl (C=O) groups excluding carboxylic acids is 1. The van der Waals surface area contributed by atoms with Crippen molar-refractivity contribution in [3.05, 3.63) is 48.1 Å². The predicted molar refractivity (Wildman–Crippen MR) is 89.2 cm³/mol. The van der Waals surface area contributed by atoms with Gasteiger partial charge in [0.15, 0.2) is 0 Å². The maximum atomic E-state index is 13.8. The summed E-state index contributed by atoms with van der Waals surface area (Å²) in [6.07, 6.45) is 2.40. The van der Waals surface area contributed by atoms with Gasteiger partial charge in [-0.3, -0.25) is 4.79 Å². The maximum Gasteiger partial charge on any atom is 0.232 e. The van der Waals surface area contributed by atoms with E-state index in [9.17, 15) is 18.7 Å². The lowest BCUT2D eigenvalue weighted by Gasteiger charge is -2.38. The normalized spacial score (nSPS) is 19.6. The first kappa shape index (κ1) is 18.6. The molecule has 5 heteroatoms. The Balaban J connectivity index is 2.03. The number of piperidine rings is 1. The van der Waals surface area contributed by atoms with Crippen molar-refractivity contribution in [1.82, 2.24) is 4.90 Å². The lowest BCUT2D eigenvalue weighted by atomic mass is 9.83. The molecule has 0 radical (unpaired) electrons. The number of carbonyl (C=O) groups is 1. The van der Waals surface area contributed by atoms with E-state index in [-0.39, 0.29) is 17.4 Å². The molecule has 3 nitrogen and oxygen atoms in total. The fourth-order valence-corrected chi connectivity index (χ4v) is 3.16. The lowest BCUT2D eigenvalue weighted by Crippen LogP contribution is -2.46. The van der Waals surface area contributed by atoms with E-state index < -0.39 is 23.2 Å². The van der Waals surface area contributed by atoms with Crippen LogP contribution < -0.4 is 0 Å². The number of hydrogen-bond donors (Lipinski definition) is 1. The summed E-state index contributed by atoms with van der Waals surface area (Å²) in [6, 6.07) is 3.11. The van der Waals surface area contributed by atoms with E-state index in [0.717, 1.165) is 18.2 Å². The Labute approximate surface area is 142 Å². The van der Waals surface area contributed by atoms with Gasteiger partial charge in [-0.05, 0) is 50.3 Å². The second-order valence-corrected chi connectivity index (χ2v) is 6.72. The first-order chi connectivity index (χ1) is 11.3. The molecular formula is C19H25F2NO2. The quantitative estimate of drug-likeness (QED) is 0.830. The molecule has 0 bridgehead atoms. The molecule has 1 saturated heterocycles. The highest BCUT2D eigenvalue weighted by Gasteiger charge is 2.36. The van der Waals surface area contributed by atoms with Crippen LogP contribution in [0.3, 0.4) is 0 Å². The van der Waals surface area contributed by atoms with Gasteiger partial charge in [0.2, 0.25) is 5.91 Å². The molecule has 1 aliphatic rings. The number of aliphatic hydroxyl groups is 1. The molecule has 2 rings (SSSR count). The third kappa shape index (κ3) is 3.66. The summed E-state index contributed by atoms with van der Waals surface area (Å²) in [5, 5.41) is 10.4. The summed E-state index contributed by atoms with van der Waals surface area (Å²) in [5.74, 6) is -1.33. The third-order valence-electron chi connectivity index (χ3n) is 5.22. The Bertz CT molecular complexity index is 611. The smallest absolute Gasteiger partial charge is 0.232 e. The van der Waals surface area contributed by atoms with Crippen molar-refractivity contribution in [1.29, 1.82) is 0 Å². The number of halogens is 2. The highest BCUT2D eigenvalue weighted by molar-refractivity contribution is 5.84. The van der Waals surface area contributed by atoms with Crippen molar-refractivity contribution in [2.45, 2.75) is 39.2 Å². The highest BCUT2D eigenvalue weighted by atomic mass is 19.1. The Morgan fingerprint density at radius 3 is 2.62 bits per heavy atom. The number of nitrogens with zero attached hydrogens (tertiary/aromatic N) is 1. The molecule has 1 heterocycles. The van der Waals surface area contributed by atoms with Crippen LogP contribution in [0.5, 0.6) is 0 Å². The first-order valence-corrected chi connectivity index (χ1v) is 8.38. The predicted octanol–water partition coefficient (Wildman–Crippen LogP) is 3.84. The number of hydrogen-bond acceptors (Lipinski definition) is 2. The minimum absolute atomic E-state index is 0.00994. The first-order valence-electron chi connectivity index (χ1n) is 8.38. The van der Waals surface area contributed by atoms with Crippen molar-refractivity contribution in [3.63, 3.8) is 0 Å². The van der Waals surface area contributed by atoms with Crippen LogP contribution in [0.15, 0.2) is 30.9 Å². The van der Waals surface area contributed by atoms with Gasteiger partial charge >= 0.3 is 0 Å². The molecule has 132 valence electrons. The molecule has 0 saturated carbocycles. The molecule has 2 atom stereocenters. The Hall–Kier alpha value is -1.75. The molecule has 1 N–H and O–H groups in total. The average molecular weight is 337 g/mol. The topological polar surface area (TPSA) is 40.5 Å². The van der Waals surface area contributed by atoms with E-state index in [4.69, 9.17) is 0 Å². The van der Waals surface area contributed by atoms with E-state index >= 15 is 0 Å². The SMILES string of the molecule is C=C[C@](C)(CC)C(=O)N1CCC([C@H](O)c2cc(F)ccc2F)CC1. The summed E-state index contributed by atoms with van der Waals surface area (Å²) in [4.78, 5) is 14.4. The van der Waals surface area contributed by atoms with Gasteiger partial charge in [-0.1, -0.05) is 13.0 Å². The second-order valence-electron chi connectivity index (χ2n) is 6.72. The van der Waals surface area contributed by atoms with Gasteiger partial charge in [0.1, 0.15) is 11.6 Å². The zero-order valence-corrected chi connectivity index (χ0v) is 14.3. The molecule has 0 unspecified atom stereocenters. The zero-order valence-electron chi connectivity index (χ0n) is 14.3. The van der Waals surface area contributed by atoms with E-state index in [1.54, 1.807) is 11.0 Å². The Morgan fingerprint density at radius 1 is 1.46 bits per heavy atom. The fraction of sp³-hybridized carbons (Fsp3) is 0.526. The number of rotatable bonds is 5. The summed E-state index contributed by atoms with van der Waals surface area (Å²) in [7, 11) is 0. The van der Waals surface area contributed by atoms with E-state index in [2.05, 4.69) is 6.58 Å². The van der Waals surface area contributed by atoms with Crippen LogP contribution in [0.2, 0.25) is 0 Å². The van der Waals surface area contributed by atoms with Crippen LogP contribution in [-0.2, 0) is 4.79 Å². The lowest BCUT2D eigenvalue weighted by molar-refractivity contribution is -0.141. The molecule has 0 aliphatic carbocycles. The average Bonchev–Trinajstić information content (AvgIpc) is 2.62. The zero-order chi connectivity index (χ0) is 17.9. The summed E-state index contributed by atoms with van der Waals surface area (Å²) >= 11 is 0. The summed E-state index contributed by atoms with van der Waals surface area (Å²) in [6.45, 7) is 8.57. The van der Waals surface area contributed by atoms with Crippen molar-refractivity contribution in [2.24, 2.45) is 11.3 Å². The van der Waals surface area contributed by atoms with Gasteiger partial charge in [0.25, 0.3) is 0 Å². The molecule has 1 fully saturated rings. The molecule has 24 heavy (non-hydrogen) atoms. The van der Waals surface area contributed by atoms with E-state index in [1.165, 1.54) is 0 Å². The minimum Gasteiger partial charge on any atom is -0.388 e. The van der Waals surface area contributed by atoms with Crippen molar-refractivity contribution in [2.75, 3.05) is 13.1 Å². The number of aliphatic hydroxyl groups excluding tert-OH is 1. The van der Waals surface area contributed by atoms with Crippen LogP contribution in [0.4, 0.5) is 8.78 Å². The molecular weight excluding hydrogens is 312 g/mol. The summed E-state index contributed by atoms with van der Waals surface area (Å²) < 4.78 is 27.1. The van der Waals surface area contributed by atoms with Crippen molar-refractivity contribution >= 4 is 5.91 Å². The van der Waals surface area contributed by atoms with Gasteiger partial charge in [-0.15, -0.1) is 6.58 Å². The van der Waals surface area contributed by atoms with Gasteiger partial charge in [-0.2, -0.15) is 0 Å². The van der Waals surface area contributed by atoms with Gasteiger partial charge in [0.05, 0.1) is 11.5 Å². The standard InChI is InChI=1S/C19H25F2NO2/c1-4-19(3,5-2)18(24)22-10-8-13(9-11-22)17(23)15-12-14(20)6-7-16(15)21/h4,6-7,12-13,17,23H,1,5,8-11H2,2-3H3/t17-,19+/m0/s1. The minimum atomic E-state index is -1.06. The van der Waals surface area contributed by atoms with Crippen LogP contribution >= 0.6 is 0 Å². The van der Waals surface area contributed by atoms with Gasteiger partial charge in [-0.25, -0.2) is 8.78 Å². The highest BCUT2D eigenvalue weighted by Crippen LogP contribution is 2.34. The molecule has 1 aromatic rings. The largest absolute Gasteiger partial charge is 0.388 e. The number of amides is 1. The molecule has 1 aromatic carbocycles. The molecule has 1 aliphatic heterocycles. The third-order valence-corrected chi connectivity index (χ3v) is 5.22. The van der Waals surface area contributed by atoms with E-state index in [1.807, 2.05) is 13.8 Å². The summed E-state index contributed by atoms with van der Waals surface area (Å²) in [5.41, 5.74) is -0.593. The van der Waals surface area contributed by atoms with Crippen LogP contribution in [0.1, 0.15) is 44.8 Å². The molecule has 1 amide bonds.